The lowest BCUT2D eigenvalue weighted by Crippen LogP contribution is -2.18. The summed E-state index contributed by atoms with van der Waals surface area (Å²) in [6, 6.07) is 14.7. The van der Waals surface area contributed by atoms with Gasteiger partial charge in [-0.1, -0.05) is 42.5 Å². The summed E-state index contributed by atoms with van der Waals surface area (Å²) in [6.07, 6.45) is 1.49. The number of ether oxygens (including phenoxy) is 1. The van der Waals surface area contributed by atoms with Crippen LogP contribution in [0.4, 0.5) is 0 Å². The molecular weight excluding hydrogens is 262 g/mol. The Hall–Kier alpha value is -2.29. The second-order valence-electron chi connectivity index (χ2n) is 5.01. The van der Waals surface area contributed by atoms with Gasteiger partial charge in [-0.25, -0.2) is 4.79 Å². The van der Waals surface area contributed by atoms with E-state index in [1.165, 1.54) is 22.4 Å². The van der Waals surface area contributed by atoms with Crippen LogP contribution in [-0.4, -0.2) is 12.6 Å². The summed E-state index contributed by atoms with van der Waals surface area (Å²) >= 11 is 0. The Morgan fingerprint density at radius 3 is 2.71 bits per heavy atom. The van der Waals surface area contributed by atoms with Gasteiger partial charge in [-0.15, -0.1) is 0 Å². The molecule has 0 aliphatic carbocycles. The first-order valence-electron chi connectivity index (χ1n) is 7.21. The van der Waals surface area contributed by atoms with Crippen molar-refractivity contribution in [2.24, 2.45) is 0 Å². The first kappa shape index (κ1) is 15.1. The van der Waals surface area contributed by atoms with E-state index in [1.54, 1.807) is 6.92 Å². The van der Waals surface area contributed by atoms with Gasteiger partial charge < -0.3 is 10.1 Å². The largest absolute Gasteiger partial charge is 0.463 e. The second kappa shape index (κ2) is 6.93. The molecule has 0 aromatic heterocycles. The third-order valence-corrected chi connectivity index (χ3v) is 3.35. The van der Waals surface area contributed by atoms with Crippen LogP contribution >= 0.6 is 0 Å². The molecule has 0 aliphatic rings. The minimum Gasteiger partial charge on any atom is -0.463 e. The number of benzene rings is 2. The van der Waals surface area contributed by atoms with Gasteiger partial charge in [0, 0.05) is 17.8 Å². The third-order valence-electron chi connectivity index (χ3n) is 3.35. The smallest absolute Gasteiger partial charge is 0.332 e. The minimum absolute atomic E-state index is 0.113. The molecule has 0 aliphatic heterocycles. The zero-order valence-corrected chi connectivity index (χ0v) is 12.7. The molecule has 1 N–H and O–H groups in total. The molecule has 2 aromatic carbocycles. The summed E-state index contributed by atoms with van der Waals surface area (Å²) in [5, 5.41) is 5.78. The Morgan fingerprint density at radius 1 is 1.24 bits per heavy atom. The molecule has 110 valence electrons. The van der Waals surface area contributed by atoms with Crippen molar-refractivity contribution in [1.82, 2.24) is 5.32 Å². The number of carbonyl (C=O) groups excluding carboxylic acids is 1. The summed E-state index contributed by atoms with van der Waals surface area (Å²) in [4.78, 5) is 11.4. The van der Waals surface area contributed by atoms with E-state index in [9.17, 15) is 4.79 Å². The normalized spacial score (nSPS) is 13.0. The number of hydrogen-bond acceptors (Lipinski definition) is 3. The van der Waals surface area contributed by atoms with E-state index in [2.05, 4.69) is 42.6 Å². The zero-order chi connectivity index (χ0) is 15.2. The van der Waals surface area contributed by atoms with Crippen molar-refractivity contribution in [2.45, 2.75) is 26.8 Å². The molecule has 0 spiro atoms. The SMILES string of the molecule is CCOC(=O)/C=C(/C)N[C@@H](C)c1cccc2ccccc12. The fourth-order valence-corrected chi connectivity index (χ4v) is 2.45. The fraction of sp³-hybridized carbons (Fsp3) is 0.278. The van der Waals surface area contributed by atoms with Crippen LogP contribution in [0.3, 0.4) is 0 Å². The molecule has 0 radical (unpaired) electrons. The van der Waals surface area contributed by atoms with Crippen LogP contribution in [-0.2, 0) is 9.53 Å². The maximum atomic E-state index is 11.4. The quantitative estimate of drug-likeness (QED) is 0.667. The summed E-state index contributed by atoms with van der Waals surface area (Å²) in [5.74, 6) is -0.312. The third kappa shape index (κ3) is 3.85. The van der Waals surface area contributed by atoms with Crippen LogP contribution < -0.4 is 5.32 Å². The number of allylic oxidation sites excluding steroid dienone is 1. The van der Waals surface area contributed by atoms with E-state index >= 15 is 0 Å². The van der Waals surface area contributed by atoms with Gasteiger partial charge in [0.1, 0.15) is 0 Å². The van der Waals surface area contributed by atoms with E-state index in [0.717, 1.165) is 5.70 Å². The van der Waals surface area contributed by atoms with Crippen molar-refractivity contribution in [3.8, 4) is 0 Å². The Bertz CT molecular complexity index is 656. The van der Waals surface area contributed by atoms with Gasteiger partial charge in [-0.3, -0.25) is 0 Å². The summed E-state index contributed by atoms with van der Waals surface area (Å²) in [7, 11) is 0. The molecule has 0 fully saturated rings. The Morgan fingerprint density at radius 2 is 1.95 bits per heavy atom. The molecule has 3 nitrogen and oxygen atoms in total. The molecule has 0 saturated carbocycles. The lowest BCUT2D eigenvalue weighted by atomic mass is 9.99. The molecule has 1 atom stereocenters. The average molecular weight is 283 g/mol. The molecule has 21 heavy (non-hydrogen) atoms. The monoisotopic (exact) mass is 283 g/mol. The Balaban J connectivity index is 2.19. The summed E-state index contributed by atoms with van der Waals surface area (Å²) in [5.41, 5.74) is 2.01. The van der Waals surface area contributed by atoms with Crippen LogP contribution in [0.5, 0.6) is 0 Å². The number of hydrogen-bond donors (Lipinski definition) is 1. The molecule has 0 unspecified atom stereocenters. The molecule has 2 rings (SSSR count). The van der Waals surface area contributed by atoms with Crippen molar-refractivity contribution < 1.29 is 9.53 Å². The van der Waals surface area contributed by atoms with E-state index in [-0.39, 0.29) is 12.0 Å². The topological polar surface area (TPSA) is 38.3 Å². The zero-order valence-electron chi connectivity index (χ0n) is 12.7. The highest BCUT2D eigenvalue weighted by atomic mass is 16.5. The second-order valence-corrected chi connectivity index (χ2v) is 5.01. The van der Waals surface area contributed by atoms with Crippen LogP contribution in [0.15, 0.2) is 54.2 Å². The molecule has 2 aromatic rings. The van der Waals surface area contributed by atoms with Gasteiger partial charge in [0.05, 0.1) is 6.61 Å². The van der Waals surface area contributed by atoms with Crippen LogP contribution in [0.2, 0.25) is 0 Å². The minimum atomic E-state index is -0.312. The van der Waals surface area contributed by atoms with Gasteiger partial charge >= 0.3 is 5.97 Å². The summed E-state index contributed by atoms with van der Waals surface area (Å²) in [6.45, 7) is 6.15. The van der Waals surface area contributed by atoms with Gasteiger partial charge in [-0.2, -0.15) is 0 Å². The predicted molar refractivity (Wildman–Crippen MR) is 85.9 cm³/mol. The van der Waals surface area contributed by atoms with Crippen molar-refractivity contribution in [1.29, 1.82) is 0 Å². The van der Waals surface area contributed by atoms with E-state index in [4.69, 9.17) is 4.74 Å². The maximum absolute atomic E-state index is 11.4. The van der Waals surface area contributed by atoms with Gasteiger partial charge in [0.2, 0.25) is 0 Å². The van der Waals surface area contributed by atoms with Crippen LogP contribution in [0, 0.1) is 0 Å². The van der Waals surface area contributed by atoms with E-state index in [1.807, 2.05) is 19.1 Å². The average Bonchev–Trinajstić information content (AvgIpc) is 2.46. The lowest BCUT2D eigenvalue weighted by molar-refractivity contribution is -0.137. The molecule has 0 amide bonds. The lowest BCUT2D eigenvalue weighted by Gasteiger charge is -2.18. The highest BCUT2D eigenvalue weighted by Gasteiger charge is 2.09. The first-order chi connectivity index (χ1) is 10.1. The highest BCUT2D eigenvalue weighted by molar-refractivity contribution is 5.86. The molecule has 0 bridgehead atoms. The Labute approximate surface area is 125 Å². The van der Waals surface area contributed by atoms with E-state index in [0.29, 0.717) is 6.61 Å². The molecule has 0 heterocycles. The fourth-order valence-electron chi connectivity index (χ4n) is 2.45. The van der Waals surface area contributed by atoms with Crippen molar-refractivity contribution in [3.05, 3.63) is 59.8 Å². The predicted octanol–water partition coefficient (Wildman–Crippen LogP) is 3.96. The van der Waals surface area contributed by atoms with Crippen LogP contribution in [0.1, 0.15) is 32.4 Å². The van der Waals surface area contributed by atoms with E-state index < -0.39 is 0 Å². The number of fused-ring (bicyclic) bond motifs is 1. The number of rotatable bonds is 5. The Kier molecular flexibility index (Phi) is 4.99. The number of esters is 1. The van der Waals surface area contributed by atoms with Gasteiger partial charge in [0.15, 0.2) is 0 Å². The standard InChI is InChI=1S/C18H21NO2/c1-4-21-18(20)12-13(2)19-14(3)16-11-7-9-15-8-5-6-10-17(15)16/h5-12,14,19H,4H2,1-3H3/b13-12-/t14-/m0/s1. The van der Waals surface area contributed by atoms with Crippen molar-refractivity contribution in [3.63, 3.8) is 0 Å². The molecule has 3 heteroatoms. The number of nitrogens with one attached hydrogen (secondary N) is 1. The molecular formula is C18H21NO2. The number of carbonyl (C=O) groups is 1. The van der Waals surface area contributed by atoms with Gasteiger partial charge in [0.25, 0.3) is 0 Å². The first-order valence-corrected chi connectivity index (χ1v) is 7.21. The van der Waals surface area contributed by atoms with Crippen molar-refractivity contribution >= 4 is 16.7 Å². The highest BCUT2D eigenvalue weighted by Crippen LogP contribution is 2.24. The van der Waals surface area contributed by atoms with Gasteiger partial charge in [-0.05, 0) is 37.1 Å². The van der Waals surface area contributed by atoms with Crippen LogP contribution in [0.25, 0.3) is 10.8 Å². The van der Waals surface area contributed by atoms with Crippen molar-refractivity contribution in [2.75, 3.05) is 6.61 Å². The molecule has 0 saturated heterocycles. The summed E-state index contributed by atoms with van der Waals surface area (Å²) < 4.78 is 4.91. The maximum Gasteiger partial charge on any atom is 0.332 e.